The second-order valence-electron chi connectivity index (χ2n) is 8.61. The van der Waals surface area contributed by atoms with Gasteiger partial charge in [0.1, 0.15) is 18.4 Å². The average Bonchev–Trinajstić information content (AvgIpc) is 3.54. The van der Waals surface area contributed by atoms with E-state index in [2.05, 4.69) is 10.3 Å². The minimum absolute atomic E-state index is 0.205. The number of carboxylic acid groups (broad SMARTS) is 1. The van der Waals surface area contributed by atoms with Gasteiger partial charge in [0.25, 0.3) is 0 Å². The summed E-state index contributed by atoms with van der Waals surface area (Å²) in [4.78, 5) is 18.3. The summed E-state index contributed by atoms with van der Waals surface area (Å²) in [5, 5.41) is 13.9. The van der Waals surface area contributed by atoms with Crippen LogP contribution in [-0.4, -0.2) is 46.1 Å². The lowest BCUT2D eigenvalue weighted by molar-refractivity contribution is 0.0697. The van der Waals surface area contributed by atoms with Crippen molar-refractivity contribution in [1.82, 2.24) is 14.9 Å². The summed E-state index contributed by atoms with van der Waals surface area (Å²) in [7, 11) is 1.61. The van der Waals surface area contributed by atoms with E-state index in [-0.39, 0.29) is 17.6 Å². The second-order valence-corrected chi connectivity index (χ2v) is 9.41. The van der Waals surface area contributed by atoms with Crippen LogP contribution in [0.15, 0.2) is 85.2 Å². The fraction of sp³-hybridized carbons (Fsp3) is 0.179. The molecule has 10 heteroatoms. The van der Waals surface area contributed by atoms with Gasteiger partial charge in [-0.1, -0.05) is 23.7 Å². The third kappa shape index (κ3) is 5.08. The van der Waals surface area contributed by atoms with Crippen molar-refractivity contribution in [2.75, 3.05) is 25.2 Å². The molecule has 38 heavy (non-hydrogen) atoms. The summed E-state index contributed by atoms with van der Waals surface area (Å²) in [6.45, 7) is 0.832. The van der Waals surface area contributed by atoms with Crippen molar-refractivity contribution in [3.05, 3.63) is 107 Å². The number of aromatic carboxylic acids is 1. The summed E-state index contributed by atoms with van der Waals surface area (Å²) in [6.07, 6.45) is 3.66. The lowest BCUT2D eigenvalue weighted by Crippen LogP contribution is -2.30. The van der Waals surface area contributed by atoms with Gasteiger partial charge in [0.2, 0.25) is 0 Å². The Morgan fingerprint density at radius 3 is 2.68 bits per heavy atom. The molecule has 4 aromatic rings. The van der Waals surface area contributed by atoms with E-state index in [1.807, 2.05) is 70.3 Å². The number of nitrogens with zero attached hydrogens (tertiary/aromatic N) is 3. The number of methoxy groups -OCH3 is 1. The van der Waals surface area contributed by atoms with Crippen LogP contribution in [0.25, 0.3) is 5.69 Å². The molecule has 3 heterocycles. The van der Waals surface area contributed by atoms with Crippen LogP contribution in [0, 0.1) is 0 Å². The Kier molecular flexibility index (Phi) is 7.59. The molecule has 8 nitrogen and oxygen atoms in total. The number of ether oxygens (including phenoxy) is 2. The first-order chi connectivity index (χ1) is 18.5. The first-order valence-corrected chi connectivity index (χ1v) is 12.7. The van der Waals surface area contributed by atoms with E-state index >= 15 is 0 Å². The zero-order valence-electron chi connectivity index (χ0n) is 20.5. The average molecular weight is 549 g/mol. The number of halogens is 1. The van der Waals surface area contributed by atoms with Gasteiger partial charge in [0, 0.05) is 36.6 Å². The molecule has 0 radical (unpaired) electrons. The van der Waals surface area contributed by atoms with Crippen molar-refractivity contribution in [2.24, 2.45) is 0 Å². The zero-order valence-corrected chi connectivity index (χ0v) is 22.0. The Bertz CT molecular complexity index is 1460. The van der Waals surface area contributed by atoms with Gasteiger partial charge in [-0.25, -0.2) is 4.79 Å². The third-order valence-corrected chi connectivity index (χ3v) is 6.90. The number of pyridine rings is 1. The molecule has 1 saturated heterocycles. The number of nitrogens with one attached hydrogen (secondary N) is 1. The van der Waals surface area contributed by atoms with Crippen molar-refractivity contribution in [3.8, 4) is 11.4 Å². The highest BCUT2D eigenvalue weighted by molar-refractivity contribution is 7.80. The molecule has 5 rings (SSSR count). The summed E-state index contributed by atoms with van der Waals surface area (Å²) in [6, 6.07) is 21.5. The van der Waals surface area contributed by atoms with Crippen molar-refractivity contribution in [1.29, 1.82) is 0 Å². The third-order valence-electron chi connectivity index (χ3n) is 6.29. The highest BCUT2D eigenvalue weighted by Gasteiger charge is 2.42. The Labute approximate surface area is 230 Å². The van der Waals surface area contributed by atoms with Crippen LogP contribution < -0.4 is 15.0 Å². The van der Waals surface area contributed by atoms with Gasteiger partial charge in [0.15, 0.2) is 5.11 Å². The lowest BCUT2D eigenvalue weighted by atomic mass is 10.0. The summed E-state index contributed by atoms with van der Waals surface area (Å²) in [5.41, 5.74) is 3.42. The van der Waals surface area contributed by atoms with Gasteiger partial charge in [-0.05, 0) is 72.9 Å². The molecular formula is C28H25ClN4O4S. The van der Waals surface area contributed by atoms with Gasteiger partial charge in [-0.2, -0.15) is 0 Å². The first kappa shape index (κ1) is 25.7. The molecule has 0 amide bonds. The van der Waals surface area contributed by atoms with Crippen LogP contribution in [0.5, 0.6) is 5.75 Å². The molecule has 194 valence electrons. The number of thiocarbonyl (C=S) groups is 1. The van der Waals surface area contributed by atoms with E-state index in [9.17, 15) is 9.90 Å². The van der Waals surface area contributed by atoms with E-state index in [4.69, 9.17) is 33.3 Å². The predicted molar refractivity (Wildman–Crippen MR) is 149 cm³/mol. The smallest absolute Gasteiger partial charge is 0.335 e. The normalized spacial score (nSPS) is 16.9. The van der Waals surface area contributed by atoms with E-state index in [1.54, 1.807) is 31.5 Å². The fourth-order valence-electron chi connectivity index (χ4n) is 4.58. The summed E-state index contributed by atoms with van der Waals surface area (Å²) >= 11 is 12.4. The fourth-order valence-corrected chi connectivity index (χ4v) is 5.16. The Morgan fingerprint density at radius 2 is 1.95 bits per heavy atom. The van der Waals surface area contributed by atoms with Crippen LogP contribution in [0.3, 0.4) is 0 Å². The van der Waals surface area contributed by atoms with Crippen LogP contribution in [-0.2, 0) is 4.74 Å². The van der Waals surface area contributed by atoms with Crippen LogP contribution >= 0.6 is 23.8 Å². The van der Waals surface area contributed by atoms with E-state index < -0.39 is 5.97 Å². The van der Waals surface area contributed by atoms with Gasteiger partial charge in [-0.15, -0.1) is 0 Å². The second kappa shape index (κ2) is 11.2. The number of anilines is 1. The van der Waals surface area contributed by atoms with Gasteiger partial charge < -0.3 is 29.4 Å². The van der Waals surface area contributed by atoms with Crippen molar-refractivity contribution in [3.63, 3.8) is 0 Å². The molecule has 2 aromatic carbocycles. The zero-order chi connectivity index (χ0) is 26.6. The SMILES string of the molecule is COCCOc1ccc(N2C(=S)N[C@@H](c3ccccn3)[C@H]2c2cccn2-c2cccc(C(=O)O)c2)cc1Cl. The molecule has 1 fully saturated rings. The first-order valence-electron chi connectivity index (χ1n) is 11.9. The number of carbonyl (C=O) groups is 1. The standard InChI is InChI=1S/C28H25ClN4O4S/c1-36-14-15-37-24-11-10-20(17-21(24)29)33-26(25(31-28(33)38)22-8-2-3-12-30-22)23-9-5-13-32(23)19-7-4-6-18(16-19)27(34)35/h2-13,16-17,25-26H,14-15H2,1H3,(H,31,38)(H,34,35)/t25-,26+/m0/s1. The number of carboxylic acids is 1. The molecule has 0 spiro atoms. The number of rotatable bonds is 9. The van der Waals surface area contributed by atoms with Crippen LogP contribution in [0.1, 0.15) is 33.8 Å². The highest BCUT2D eigenvalue weighted by atomic mass is 35.5. The van der Waals surface area contributed by atoms with Crippen LogP contribution in [0.2, 0.25) is 5.02 Å². The Morgan fingerprint density at radius 1 is 1.08 bits per heavy atom. The minimum Gasteiger partial charge on any atom is -0.490 e. The molecule has 2 atom stereocenters. The number of benzene rings is 2. The van der Waals surface area contributed by atoms with Crippen molar-refractivity contribution in [2.45, 2.75) is 12.1 Å². The molecule has 0 bridgehead atoms. The molecule has 0 aliphatic carbocycles. The van der Waals surface area contributed by atoms with E-state index in [0.717, 1.165) is 22.8 Å². The summed E-state index contributed by atoms with van der Waals surface area (Å²) in [5.74, 6) is -0.433. The van der Waals surface area contributed by atoms with Gasteiger partial charge in [-0.3, -0.25) is 4.98 Å². The number of aromatic nitrogens is 2. The number of hydrogen-bond donors (Lipinski definition) is 2. The van der Waals surface area contributed by atoms with E-state index in [1.165, 1.54) is 0 Å². The maximum atomic E-state index is 11.6. The molecule has 1 aliphatic rings. The van der Waals surface area contributed by atoms with Crippen molar-refractivity contribution < 1.29 is 19.4 Å². The quantitative estimate of drug-likeness (QED) is 0.211. The van der Waals surface area contributed by atoms with Crippen molar-refractivity contribution >= 4 is 40.6 Å². The lowest BCUT2D eigenvalue weighted by Gasteiger charge is -2.29. The molecular weight excluding hydrogens is 524 g/mol. The predicted octanol–water partition coefficient (Wildman–Crippen LogP) is 5.43. The maximum Gasteiger partial charge on any atom is 0.335 e. The molecule has 2 N–H and O–H groups in total. The monoisotopic (exact) mass is 548 g/mol. The number of hydrogen-bond acceptors (Lipinski definition) is 5. The maximum absolute atomic E-state index is 11.6. The minimum atomic E-state index is -0.986. The topological polar surface area (TPSA) is 88.9 Å². The largest absolute Gasteiger partial charge is 0.490 e. The Balaban J connectivity index is 1.59. The summed E-state index contributed by atoms with van der Waals surface area (Å²) < 4.78 is 12.8. The molecule has 1 aliphatic heterocycles. The van der Waals surface area contributed by atoms with Crippen LogP contribution in [0.4, 0.5) is 5.69 Å². The molecule has 0 unspecified atom stereocenters. The van der Waals surface area contributed by atoms with E-state index in [0.29, 0.717) is 29.1 Å². The molecule has 0 saturated carbocycles. The Hall–Kier alpha value is -3.92. The van der Waals surface area contributed by atoms with Gasteiger partial charge in [0.05, 0.1) is 28.9 Å². The van der Waals surface area contributed by atoms with Gasteiger partial charge >= 0.3 is 5.97 Å². The molecule has 2 aromatic heterocycles. The highest BCUT2D eigenvalue weighted by Crippen LogP contribution is 2.43.